The first-order valence-electron chi connectivity index (χ1n) is 6.67. The predicted octanol–water partition coefficient (Wildman–Crippen LogP) is 4.22. The van der Waals surface area contributed by atoms with Crippen LogP contribution in [0.4, 0.5) is 13.2 Å². The lowest BCUT2D eigenvalue weighted by Crippen LogP contribution is -2.22. The molecule has 6 heteroatoms. The van der Waals surface area contributed by atoms with Crippen molar-refractivity contribution in [2.24, 2.45) is 10.4 Å². The number of aliphatic imine (C=N–C) groups is 1. The molecular weight excluding hydrogens is 273 g/mol. The summed E-state index contributed by atoms with van der Waals surface area (Å²) in [5.74, 6) is 0. The topological polar surface area (TPSA) is 24.4 Å². The van der Waals surface area contributed by atoms with Crippen LogP contribution in [0.3, 0.4) is 0 Å². The average Bonchev–Trinajstić information content (AvgIpc) is 2.60. The Bertz CT molecular complexity index is 308. The van der Waals surface area contributed by atoms with Gasteiger partial charge in [0, 0.05) is 18.2 Å². The maximum absolute atomic E-state index is 11.9. The molecule has 0 bridgehead atoms. The van der Waals surface area contributed by atoms with Crippen LogP contribution in [0.25, 0.3) is 0 Å². The van der Waals surface area contributed by atoms with Gasteiger partial charge < -0.3 is 5.32 Å². The fraction of sp³-hybridized carbons (Fsp3) is 0.923. The van der Waals surface area contributed by atoms with E-state index in [1.54, 1.807) is 11.8 Å². The van der Waals surface area contributed by atoms with Crippen molar-refractivity contribution in [3.8, 4) is 0 Å². The number of halogens is 3. The molecule has 0 radical (unpaired) electrons. The summed E-state index contributed by atoms with van der Waals surface area (Å²) in [6, 6.07) is 0. The molecule has 1 heterocycles. The zero-order valence-corrected chi connectivity index (χ0v) is 12.6. The van der Waals surface area contributed by atoms with Gasteiger partial charge in [-0.25, -0.2) is 0 Å². The Morgan fingerprint density at radius 2 is 1.95 bits per heavy atom. The lowest BCUT2D eigenvalue weighted by Gasteiger charge is -2.21. The van der Waals surface area contributed by atoms with Crippen molar-refractivity contribution in [2.45, 2.75) is 57.9 Å². The van der Waals surface area contributed by atoms with Crippen LogP contribution in [0.15, 0.2) is 4.99 Å². The molecule has 0 saturated carbocycles. The van der Waals surface area contributed by atoms with Gasteiger partial charge >= 0.3 is 6.18 Å². The van der Waals surface area contributed by atoms with E-state index in [0.29, 0.717) is 18.2 Å². The lowest BCUT2D eigenvalue weighted by molar-refractivity contribution is -0.135. The van der Waals surface area contributed by atoms with Crippen molar-refractivity contribution < 1.29 is 13.2 Å². The number of rotatable bonds is 5. The SMILES string of the molecule is CC(C)(C)CC1CN=C(NCCCCC(F)(F)F)S1. The largest absolute Gasteiger partial charge is 0.389 e. The Morgan fingerprint density at radius 3 is 2.53 bits per heavy atom. The number of hydrogen-bond acceptors (Lipinski definition) is 3. The van der Waals surface area contributed by atoms with Gasteiger partial charge in [0.05, 0.1) is 6.54 Å². The minimum atomic E-state index is -4.03. The molecule has 0 spiro atoms. The number of nitrogens with one attached hydrogen (secondary N) is 1. The third-order valence-electron chi connectivity index (χ3n) is 2.72. The fourth-order valence-electron chi connectivity index (χ4n) is 1.95. The Labute approximate surface area is 117 Å². The number of thioether (sulfide) groups is 1. The van der Waals surface area contributed by atoms with Crippen molar-refractivity contribution in [3.05, 3.63) is 0 Å². The molecule has 1 N–H and O–H groups in total. The zero-order chi connectivity index (χ0) is 14.5. The minimum absolute atomic E-state index is 0.180. The van der Waals surface area contributed by atoms with E-state index < -0.39 is 12.6 Å². The Hall–Kier alpha value is -0.390. The van der Waals surface area contributed by atoms with Crippen molar-refractivity contribution in [3.63, 3.8) is 0 Å². The number of hydrogen-bond donors (Lipinski definition) is 1. The predicted molar refractivity (Wildman–Crippen MR) is 75.7 cm³/mol. The van der Waals surface area contributed by atoms with E-state index in [2.05, 4.69) is 31.1 Å². The molecule has 1 aliphatic rings. The molecule has 0 aromatic carbocycles. The number of amidine groups is 1. The zero-order valence-electron chi connectivity index (χ0n) is 11.8. The highest BCUT2D eigenvalue weighted by Crippen LogP contribution is 2.31. The van der Waals surface area contributed by atoms with Crippen molar-refractivity contribution >= 4 is 16.9 Å². The van der Waals surface area contributed by atoms with E-state index >= 15 is 0 Å². The molecule has 0 fully saturated rings. The normalized spacial score (nSPS) is 20.5. The van der Waals surface area contributed by atoms with Gasteiger partial charge in [-0.3, -0.25) is 4.99 Å². The van der Waals surface area contributed by atoms with E-state index in [1.165, 1.54) is 0 Å². The summed E-state index contributed by atoms with van der Waals surface area (Å²) in [6.45, 7) is 8.00. The molecule has 1 aliphatic heterocycles. The van der Waals surface area contributed by atoms with E-state index in [4.69, 9.17) is 0 Å². The highest BCUT2D eigenvalue weighted by Gasteiger charge is 2.26. The summed E-state index contributed by atoms with van der Waals surface area (Å²) < 4.78 is 35.8. The Morgan fingerprint density at radius 1 is 1.26 bits per heavy atom. The van der Waals surface area contributed by atoms with Gasteiger partial charge in [0.2, 0.25) is 0 Å². The fourth-order valence-corrected chi connectivity index (χ4v) is 3.33. The summed E-state index contributed by atoms with van der Waals surface area (Å²) in [6.07, 6.45) is -2.91. The monoisotopic (exact) mass is 296 g/mol. The molecular formula is C13H23F3N2S. The van der Waals surface area contributed by atoms with E-state index in [9.17, 15) is 13.2 Å². The van der Waals surface area contributed by atoms with Crippen molar-refractivity contribution in [1.29, 1.82) is 0 Å². The second-order valence-electron chi connectivity index (χ2n) is 6.15. The summed E-state index contributed by atoms with van der Waals surface area (Å²) in [4.78, 5) is 4.39. The first-order chi connectivity index (χ1) is 8.66. The van der Waals surface area contributed by atoms with Crippen LogP contribution in [-0.2, 0) is 0 Å². The average molecular weight is 296 g/mol. The quantitative estimate of drug-likeness (QED) is 0.768. The summed E-state index contributed by atoms with van der Waals surface area (Å²) in [5, 5.41) is 4.52. The van der Waals surface area contributed by atoms with E-state index in [-0.39, 0.29) is 11.8 Å². The Balaban J connectivity index is 2.09. The minimum Gasteiger partial charge on any atom is -0.365 e. The second kappa shape index (κ2) is 6.86. The van der Waals surface area contributed by atoms with Gasteiger partial charge in [-0.15, -0.1) is 0 Å². The molecule has 0 amide bonds. The molecule has 0 saturated heterocycles. The highest BCUT2D eigenvalue weighted by atomic mass is 32.2. The smallest absolute Gasteiger partial charge is 0.365 e. The van der Waals surface area contributed by atoms with Gasteiger partial charge in [0.25, 0.3) is 0 Å². The van der Waals surface area contributed by atoms with E-state index in [0.717, 1.165) is 18.1 Å². The molecule has 0 aromatic rings. The highest BCUT2D eigenvalue weighted by molar-refractivity contribution is 8.14. The number of nitrogens with zero attached hydrogens (tertiary/aromatic N) is 1. The van der Waals surface area contributed by atoms with Crippen LogP contribution in [0, 0.1) is 5.41 Å². The van der Waals surface area contributed by atoms with Gasteiger partial charge in [0.1, 0.15) is 0 Å². The molecule has 1 atom stereocenters. The lowest BCUT2D eigenvalue weighted by atomic mass is 9.90. The number of unbranched alkanes of at least 4 members (excludes halogenated alkanes) is 1. The summed E-state index contributed by atoms with van der Waals surface area (Å²) in [7, 11) is 0. The molecule has 0 aromatic heterocycles. The van der Waals surface area contributed by atoms with Gasteiger partial charge in [-0.2, -0.15) is 13.2 Å². The molecule has 1 rings (SSSR count). The van der Waals surface area contributed by atoms with Crippen LogP contribution in [0.5, 0.6) is 0 Å². The van der Waals surface area contributed by atoms with Gasteiger partial charge in [0.15, 0.2) is 5.17 Å². The van der Waals surface area contributed by atoms with Crippen LogP contribution in [0.1, 0.15) is 46.5 Å². The molecule has 0 aliphatic carbocycles. The standard InChI is InChI=1S/C13H23F3N2S/c1-12(2,3)8-10-9-18-11(19-10)17-7-5-4-6-13(14,15)16/h10H,4-9H2,1-3H3,(H,17,18). The van der Waals surface area contributed by atoms with Crippen LogP contribution in [-0.4, -0.2) is 29.7 Å². The number of alkyl halides is 3. The molecule has 2 nitrogen and oxygen atoms in total. The maximum atomic E-state index is 11.9. The summed E-state index contributed by atoms with van der Waals surface area (Å²) >= 11 is 1.72. The molecule has 112 valence electrons. The van der Waals surface area contributed by atoms with Crippen LogP contribution in [0.2, 0.25) is 0 Å². The van der Waals surface area contributed by atoms with Gasteiger partial charge in [-0.05, 0) is 24.7 Å². The summed E-state index contributed by atoms with van der Waals surface area (Å²) in [5.41, 5.74) is 0.287. The molecule has 1 unspecified atom stereocenters. The third-order valence-corrected chi connectivity index (χ3v) is 3.87. The first-order valence-corrected chi connectivity index (χ1v) is 7.55. The van der Waals surface area contributed by atoms with Crippen LogP contribution < -0.4 is 5.32 Å². The van der Waals surface area contributed by atoms with E-state index in [1.807, 2.05) is 0 Å². The third kappa shape index (κ3) is 8.39. The molecule has 19 heavy (non-hydrogen) atoms. The second-order valence-corrected chi connectivity index (χ2v) is 7.44. The maximum Gasteiger partial charge on any atom is 0.389 e. The van der Waals surface area contributed by atoms with Crippen molar-refractivity contribution in [2.75, 3.05) is 13.1 Å². The van der Waals surface area contributed by atoms with Crippen molar-refractivity contribution in [1.82, 2.24) is 5.32 Å². The van der Waals surface area contributed by atoms with Crippen LogP contribution >= 0.6 is 11.8 Å². The first kappa shape index (κ1) is 16.7. The Kier molecular flexibility index (Phi) is 6.02. The van der Waals surface area contributed by atoms with Gasteiger partial charge in [-0.1, -0.05) is 32.5 Å².